The Morgan fingerprint density at radius 1 is 0.957 bits per heavy atom. The molecule has 1 saturated carbocycles. The number of hydrogen-bond donors (Lipinski definition) is 1. The summed E-state index contributed by atoms with van der Waals surface area (Å²) in [5.74, 6) is -0.998. The van der Waals surface area contributed by atoms with Crippen LogP contribution in [0.1, 0.15) is 55.2 Å². The number of pyridine rings is 1. The van der Waals surface area contributed by atoms with Crippen LogP contribution in [-0.2, 0) is 37.2 Å². The van der Waals surface area contributed by atoms with E-state index < -0.39 is 29.9 Å². The minimum absolute atomic E-state index is 0.0140. The van der Waals surface area contributed by atoms with Crippen LogP contribution in [0.25, 0.3) is 0 Å². The van der Waals surface area contributed by atoms with Crippen LogP contribution < -0.4 is 5.32 Å². The first kappa shape index (κ1) is 32.6. The SMILES string of the molecule is Cc1ccc(NC(=O)[C@@H]2CCN(C(=O)OCc3ccccc3)N2C(=O)[C@H](CC2CCCC2)CN(C=O)OCc2ccccc2)nc1. The van der Waals surface area contributed by atoms with Crippen LogP contribution in [0.2, 0.25) is 0 Å². The molecule has 0 bridgehead atoms. The van der Waals surface area contributed by atoms with Crippen molar-refractivity contribution in [3.05, 3.63) is 95.7 Å². The Kier molecular flexibility index (Phi) is 11.3. The van der Waals surface area contributed by atoms with Gasteiger partial charge >= 0.3 is 6.09 Å². The number of nitrogens with zero attached hydrogens (tertiary/aromatic N) is 4. The van der Waals surface area contributed by atoms with Crippen LogP contribution in [0, 0.1) is 18.8 Å². The average molecular weight is 628 g/mol. The number of nitrogens with one attached hydrogen (secondary N) is 1. The Bertz CT molecular complexity index is 1450. The van der Waals surface area contributed by atoms with Gasteiger partial charge in [-0.3, -0.25) is 19.2 Å². The van der Waals surface area contributed by atoms with E-state index in [0.29, 0.717) is 18.6 Å². The predicted molar refractivity (Wildman–Crippen MR) is 170 cm³/mol. The number of hydroxylamine groups is 2. The Morgan fingerprint density at radius 2 is 1.63 bits per heavy atom. The Balaban J connectivity index is 1.38. The first-order valence-electron chi connectivity index (χ1n) is 15.8. The van der Waals surface area contributed by atoms with Crippen molar-refractivity contribution in [2.75, 3.05) is 18.4 Å². The Labute approximate surface area is 269 Å². The largest absolute Gasteiger partial charge is 0.443 e. The van der Waals surface area contributed by atoms with E-state index in [4.69, 9.17) is 9.57 Å². The molecule has 1 saturated heterocycles. The summed E-state index contributed by atoms with van der Waals surface area (Å²) in [6.07, 6.45) is 6.28. The number of aromatic nitrogens is 1. The number of hydrazine groups is 1. The molecule has 4 amide bonds. The predicted octanol–water partition coefficient (Wildman–Crippen LogP) is 5.27. The molecule has 2 aromatic carbocycles. The van der Waals surface area contributed by atoms with E-state index in [9.17, 15) is 19.2 Å². The number of carbonyl (C=O) groups excluding carboxylic acids is 4. The minimum atomic E-state index is -0.985. The molecule has 3 aromatic rings. The molecule has 2 fully saturated rings. The van der Waals surface area contributed by atoms with Crippen molar-refractivity contribution in [2.24, 2.45) is 11.8 Å². The molecule has 1 aliphatic heterocycles. The van der Waals surface area contributed by atoms with Gasteiger partial charge in [-0.1, -0.05) is 92.4 Å². The van der Waals surface area contributed by atoms with Gasteiger partial charge in [0.25, 0.3) is 5.91 Å². The highest BCUT2D eigenvalue weighted by atomic mass is 16.7. The monoisotopic (exact) mass is 627 g/mol. The molecule has 2 heterocycles. The number of amides is 4. The van der Waals surface area contributed by atoms with E-state index in [1.54, 1.807) is 12.3 Å². The maximum atomic E-state index is 14.5. The maximum Gasteiger partial charge on any atom is 0.429 e. The number of ether oxygens (including phenoxy) is 1. The second-order valence-corrected chi connectivity index (χ2v) is 11.9. The lowest BCUT2D eigenvalue weighted by Crippen LogP contribution is -2.55. The van der Waals surface area contributed by atoms with Gasteiger partial charge in [-0.2, -0.15) is 0 Å². The summed E-state index contributed by atoms with van der Waals surface area (Å²) < 4.78 is 5.61. The second-order valence-electron chi connectivity index (χ2n) is 11.9. The molecular weight excluding hydrogens is 586 g/mol. The minimum Gasteiger partial charge on any atom is -0.443 e. The molecule has 1 aliphatic carbocycles. The highest BCUT2D eigenvalue weighted by Crippen LogP contribution is 2.33. The molecule has 5 rings (SSSR count). The van der Waals surface area contributed by atoms with Gasteiger partial charge in [0.15, 0.2) is 0 Å². The quantitative estimate of drug-likeness (QED) is 0.202. The third kappa shape index (κ3) is 8.69. The van der Waals surface area contributed by atoms with E-state index in [0.717, 1.165) is 47.4 Å². The zero-order chi connectivity index (χ0) is 32.3. The van der Waals surface area contributed by atoms with Gasteiger partial charge in [0.1, 0.15) is 25.1 Å². The average Bonchev–Trinajstić information content (AvgIpc) is 3.77. The standard InChI is InChI=1S/C35H41N5O6/c1-26-16-17-32(36-21-26)37-33(42)31-18-19-39(35(44)45-23-28-12-4-2-5-13-28)40(31)34(43)30(20-27-10-8-9-11-27)22-38(25-41)46-24-29-14-6-3-7-15-29/h2-7,12-17,21,25,27,30-31H,8-11,18-20,22-24H2,1H3,(H,36,37,42)/t30-,31+/m1/s1. The van der Waals surface area contributed by atoms with Crippen LogP contribution in [0.15, 0.2) is 79.0 Å². The molecule has 2 aliphatic rings. The second kappa shape index (κ2) is 16.0. The number of anilines is 1. The van der Waals surface area contributed by atoms with Gasteiger partial charge in [0.05, 0.1) is 12.5 Å². The van der Waals surface area contributed by atoms with E-state index in [2.05, 4.69) is 10.3 Å². The van der Waals surface area contributed by atoms with E-state index in [-0.39, 0.29) is 38.6 Å². The molecule has 11 nitrogen and oxygen atoms in total. The van der Waals surface area contributed by atoms with Crippen LogP contribution in [0.4, 0.5) is 10.6 Å². The number of benzene rings is 2. The van der Waals surface area contributed by atoms with Crippen molar-refractivity contribution in [1.29, 1.82) is 0 Å². The normalized spacial score (nSPS) is 17.0. The smallest absolute Gasteiger partial charge is 0.429 e. The highest BCUT2D eigenvalue weighted by molar-refractivity contribution is 5.97. The van der Waals surface area contributed by atoms with E-state index in [1.807, 2.05) is 73.7 Å². The van der Waals surface area contributed by atoms with Crippen LogP contribution in [-0.4, -0.2) is 63.5 Å². The molecule has 1 N–H and O–H groups in total. The van der Waals surface area contributed by atoms with Gasteiger partial charge in [0, 0.05) is 12.7 Å². The molecule has 0 spiro atoms. The van der Waals surface area contributed by atoms with Crippen molar-refractivity contribution in [3.63, 3.8) is 0 Å². The molecule has 0 radical (unpaired) electrons. The first-order chi connectivity index (χ1) is 22.4. The number of aryl methyl sites for hydroxylation is 1. The molecule has 0 unspecified atom stereocenters. The van der Waals surface area contributed by atoms with Crippen molar-refractivity contribution < 1.29 is 28.8 Å². The molecule has 2 atom stereocenters. The molecule has 242 valence electrons. The van der Waals surface area contributed by atoms with Crippen molar-refractivity contribution in [1.82, 2.24) is 20.1 Å². The lowest BCUT2D eigenvalue weighted by molar-refractivity contribution is -0.185. The summed E-state index contributed by atoms with van der Waals surface area (Å²) in [5.41, 5.74) is 2.61. The molecule has 46 heavy (non-hydrogen) atoms. The summed E-state index contributed by atoms with van der Waals surface area (Å²) in [6.45, 7) is 2.14. The summed E-state index contributed by atoms with van der Waals surface area (Å²) in [4.78, 5) is 63.9. The summed E-state index contributed by atoms with van der Waals surface area (Å²) in [7, 11) is 0. The Hall–Kier alpha value is -4.77. The highest BCUT2D eigenvalue weighted by Gasteiger charge is 2.46. The zero-order valence-electron chi connectivity index (χ0n) is 26.1. The molecule has 1 aromatic heterocycles. The summed E-state index contributed by atoms with van der Waals surface area (Å²) >= 11 is 0. The maximum absolute atomic E-state index is 14.5. The lowest BCUT2D eigenvalue weighted by Gasteiger charge is -2.35. The number of rotatable bonds is 13. The van der Waals surface area contributed by atoms with Gasteiger partial charge in [-0.25, -0.2) is 24.9 Å². The molecule has 11 heteroatoms. The van der Waals surface area contributed by atoms with E-state index >= 15 is 0 Å². The van der Waals surface area contributed by atoms with Crippen LogP contribution >= 0.6 is 0 Å². The van der Waals surface area contributed by atoms with E-state index in [1.165, 1.54) is 10.0 Å². The Morgan fingerprint density at radius 3 is 2.26 bits per heavy atom. The van der Waals surface area contributed by atoms with Crippen LogP contribution in [0.5, 0.6) is 0 Å². The third-order valence-corrected chi connectivity index (χ3v) is 8.48. The van der Waals surface area contributed by atoms with Crippen molar-refractivity contribution in [3.8, 4) is 0 Å². The van der Waals surface area contributed by atoms with Crippen molar-refractivity contribution in [2.45, 2.75) is 64.7 Å². The molecular formula is C35H41N5O6. The number of carbonyl (C=O) groups is 4. The summed E-state index contributed by atoms with van der Waals surface area (Å²) in [6, 6.07) is 21.2. The van der Waals surface area contributed by atoms with Crippen LogP contribution in [0.3, 0.4) is 0 Å². The van der Waals surface area contributed by atoms with Gasteiger partial charge in [0.2, 0.25) is 12.3 Å². The summed E-state index contributed by atoms with van der Waals surface area (Å²) in [5, 5.41) is 6.40. The lowest BCUT2D eigenvalue weighted by atomic mass is 9.92. The van der Waals surface area contributed by atoms with Crippen molar-refractivity contribution >= 4 is 30.1 Å². The number of hydrogen-bond acceptors (Lipinski definition) is 7. The zero-order valence-corrected chi connectivity index (χ0v) is 26.1. The van der Waals surface area contributed by atoms with Gasteiger partial charge in [-0.05, 0) is 48.4 Å². The fourth-order valence-electron chi connectivity index (χ4n) is 6.05. The topological polar surface area (TPSA) is 121 Å². The van der Waals surface area contributed by atoms with Gasteiger partial charge in [-0.15, -0.1) is 0 Å². The van der Waals surface area contributed by atoms with Gasteiger partial charge < -0.3 is 10.1 Å². The first-order valence-corrected chi connectivity index (χ1v) is 15.8. The fourth-order valence-corrected chi connectivity index (χ4v) is 6.05. The fraction of sp³-hybridized carbons (Fsp3) is 0.400. The third-order valence-electron chi connectivity index (χ3n) is 8.48.